The minimum atomic E-state index is -0.310. The molecule has 2 aliphatic heterocycles. The molecule has 2 amide bonds. The Morgan fingerprint density at radius 2 is 1.84 bits per heavy atom. The highest BCUT2D eigenvalue weighted by molar-refractivity contribution is 5.99. The van der Waals surface area contributed by atoms with Crippen LogP contribution < -0.4 is 10.2 Å². The topological polar surface area (TPSA) is 95.0 Å². The summed E-state index contributed by atoms with van der Waals surface area (Å²) < 4.78 is 5.10. The first-order chi connectivity index (χ1) is 21.1. The molecule has 3 aromatic rings. The van der Waals surface area contributed by atoms with Crippen LogP contribution >= 0.6 is 0 Å². The van der Waals surface area contributed by atoms with E-state index in [0.29, 0.717) is 31.2 Å². The Labute approximate surface area is 260 Å². The van der Waals surface area contributed by atoms with E-state index >= 15 is 0 Å². The van der Waals surface area contributed by atoms with E-state index < -0.39 is 0 Å². The average Bonchev–Trinajstić information content (AvgIpc) is 3.44. The standard InChI is InChI=1S/C36H46N4O4/c1-23-19-27(21-26-20-25-22-28(36(2,3)4)7-10-31(25)38-33(23)26)34(42)37-14-11-32(39-15-12-30(41)13-16-39)24-5-8-29(9-6-24)40-17-18-44-35(40)43/h5-6,8-9,19-21,28,30,32,41H,7,10-18,22H2,1-4H3,(H,37,42)/t28?,32-/m1/s1. The number of hydrogen-bond donors (Lipinski definition) is 2. The van der Waals surface area contributed by atoms with Crippen molar-refractivity contribution in [2.24, 2.45) is 11.3 Å². The van der Waals surface area contributed by atoms with Gasteiger partial charge in [-0.05, 0) is 104 Å². The van der Waals surface area contributed by atoms with Gasteiger partial charge in [0.2, 0.25) is 0 Å². The molecule has 8 nitrogen and oxygen atoms in total. The third kappa shape index (κ3) is 6.47. The number of anilines is 1. The van der Waals surface area contributed by atoms with Crippen LogP contribution in [0, 0.1) is 18.3 Å². The van der Waals surface area contributed by atoms with Crippen LogP contribution in [0.4, 0.5) is 10.5 Å². The number of carbonyl (C=O) groups is 2. The molecule has 2 aromatic carbocycles. The molecule has 234 valence electrons. The van der Waals surface area contributed by atoms with Crippen molar-refractivity contribution < 1.29 is 19.4 Å². The summed E-state index contributed by atoms with van der Waals surface area (Å²) >= 11 is 0. The molecule has 0 spiro atoms. The van der Waals surface area contributed by atoms with Crippen LogP contribution in [0.15, 0.2) is 42.5 Å². The van der Waals surface area contributed by atoms with Crippen LogP contribution in [0.1, 0.15) is 85.2 Å². The molecule has 0 radical (unpaired) electrons. The molecule has 2 fully saturated rings. The molecule has 6 rings (SSSR count). The summed E-state index contributed by atoms with van der Waals surface area (Å²) in [5, 5.41) is 14.3. The number of nitrogens with zero attached hydrogens (tertiary/aromatic N) is 3. The summed E-state index contributed by atoms with van der Waals surface area (Å²) in [6.45, 7) is 12.1. The Bertz CT molecular complexity index is 1520. The van der Waals surface area contributed by atoms with Gasteiger partial charge in [-0.25, -0.2) is 4.79 Å². The zero-order valence-corrected chi connectivity index (χ0v) is 26.6. The van der Waals surface area contributed by atoms with Gasteiger partial charge < -0.3 is 15.2 Å². The van der Waals surface area contributed by atoms with Crippen molar-refractivity contribution in [3.05, 3.63) is 70.4 Å². The van der Waals surface area contributed by atoms with E-state index in [1.807, 2.05) is 31.2 Å². The highest BCUT2D eigenvalue weighted by Crippen LogP contribution is 2.38. The number of aliphatic hydroxyl groups excluding tert-OH is 1. The lowest BCUT2D eigenvalue weighted by atomic mass is 9.71. The molecule has 3 aliphatic rings. The fourth-order valence-electron chi connectivity index (χ4n) is 7.18. The maximum absolute atomic E-state index is 13.4. The molecular weight excluding hydrogens is 552 g/mol. The van der Waals surface area contributed by atoms with Crippen molar-refractivity contribution >= 4 is 28.6 Å². The number of carbonyl (C=O) groups excluding carboxylic acids is 2. The van der Waals surface area contributed by atoms with E-state index in [-0.39, 0.29) is 29.6 Å². The number of aromatic nitrogens is 1. The molecule has 2 N–H and O–H groups in total. The number of aliphatic hydroxyl groups is 1. The minimum absolute atomic E-state index is 0.0731. The van der Waals surface area contributed by atoms with Gasteiger partial charge in [-0.3, -0.25) is 19.6 Å². The van der Waals surface area contributed by atoms with E-state index in [9.17, 15) is 14.7 Å². The van der Waals surface area contributed by atoms with Crippen LogP contribution in [0.25, 0.3) is 10.9 Å². The zero-order chi connectivity index (χ0) is 31.0. The maximum atomic E-state index is 13.4. The van der Waals surface area contributed by atoms with Crippen molar-refractivity contribution in [3.63, 3.8) is 0 Å². The normalized spacial score (nSPS) is 20.4. The fourth-order valence-corrected chi connectivity index (χ4v) is 7.18. The van der Waals surface area contributed by atoms with Crippen LogP contribution in [0.3, 0.4) is 0 Å². The Kier molecular flexibility index (Phi) is 8.66. The molecule has 8 heteroatoms. The lowest BCUT2D eigenvalue weighted by Gasteiger charge is -2.36. The third-order valence-corrected chi connectivity index (χ3v) is 9.95. The molecule has 44 heavy (non-hydrogen) atoms. The van der Waals surface area contributed by atoms with Crippen LogP contribution in [0.2, 0.25) is 0 Å². The number of pyridine rings is 1. The molecule has 0 bridgehead atoms. The molecule has 1 unspecified atom stereocenters. The quantitative estimate of drug-likeness (QED) is 0.348. The van der Waals surface area contributed by atoms with Gasteiger partial charge in [0.15, 0.2) is 0 Å². The van der Waals surface area contributed by atoms with E-state index in [0.717, 1.165) is 72.9 Å². The second-order valence-electron chi connectivity index (χ2n) is 13.9. The first kappa shape index (κ1) is 30.5. The maximum Gasteiger partial charge on any atom is 0.414 e. The predicted molar refractivity (Wildman–Crippen MR) is 173 cm³/mol. The number of likely N-dealkylation sites (tertiary alicyclic amines) is 1. The molecule has 0 saturated carbocycles. The predicted octanol–water partition coefficient (Wildman–Crippen LogP) is 5.97. The van der Waals surface area contributed by atoms with Gasteiger partial charge in [-0.2, -0.15) is 0 Å². The van der Waals surface area contributed by atoms with Gasteiger partial charge in [0, 0.05) is 48.0 Å². The number of fused-ring (bicyclic) bond motifs is 2. The van der Waals surface area contributed by atoms with Gasteiger partial charge in [0.05, 0.1) is 18.2 Å². The van der Waals surface area contributed by atoms with Crippen LogP contribution in [-0.4, -0.2) is 65.9 Å². The minimum Gasteiger partial charge on any atom is -0.447 e. The number of amides is 2. The van der Waals surface area contributed by atoms with Crippen LogP contribution in [-0.2, 0) is 17.6 Å². The van der Waals surface area contributed by atoms with Gasteiger partial charge in [-0.1, -0.05) is 32.9 Å². The second-order valence-corrected chi connectivity index (χ2v) is 13.9. The fraction of sp³-hybridized carbons (Fsp3) is 0.528. The van der Waals surface area contributed by atoms with Crippen LogP contribution in [0.5, 0.6) is 0 Å². The molecular formula is C36H46N4O4. The highest BCUT2D eigenvalue weighted by Gasteiger charge is 2.30. The first-order valence-electron chi connectivity index (χ1n) is 16.2. The molecule has 1 aliphatic carbocycles. The molecule has 2 atom stereocenters. The number of hydrogen-bond acceptors (Lipinski definition) is 6. The Morgan fingerprint density at radius 3 is 2.52 bits per heavy atom. The lowest BCUT2D eigenvalue weighted by molar-refractivity contribution is 0.0579. The molecule has 1 aromatic heterocycles. The first-order valence-corrected chi connectivity index (χ1v) is 16.2. The number of rotatable bonds is 7. The lowest BCUT2D eigenvalue weighted by Crippen LogP contribution is -2.40. The Hall–Kier alpha value is -3.49. The number of cyclic esters (lactones) is 1. The summed E-state index contributed by atoms with van der Waals surface area (Å²) in [5.41, 5.74) is 7.45. The summed E-state index contributed by atoms with van der Waals surface area (Å²) in [4.78, 5) is 34.6. The van der Waals surface area contributed by atoms with Crippen molar-refractivity contribution in [1.29, 1.82) is 0 Å². The number of nitrogens with one attached hydrogen (secondary N) is 1. The number of ether oxygens (including phenoxy) is 1. The Morgan fingerprint density at radius 1 is 1.09 bits per heavy atom. The van der Waals surface area contributed by atoms with E-state index in [1.54, 1.807) is 4.90 Å². The number of piperidine rings is 1. The smallest absolute Gasteiger partial charge is 0.414 e. The number of benzene rings is 2. The van der Waals surface area contributed by atoms with Crippen molar-refractivity contribution in [2.75, 3.05) is 37.7 Å². The monoisotopic (exact) mass is 598 g/mol. The zero-order valence-electron chi connectivity index (χ0n) is 26.6. The second kappa shape index (κ2) is 12.5. The Balaban J connectivity index is 1.16. The summed E-state index contributed by atoms with van der Waals surface area (Å²) in [6, 6.07) is 14.4. The van der Waals surface area contributed by atoms with Crippen molar-refractivity contribution in [1.82, 2.24) is 15.2 Å². The summed E-state index contributed by atoms with van der Waals surface area (Å²) in [6.07, 6.45) is 4.88. The largest absolute Gasteiger partial charge is 0.447 e. The molecule has 2 saturated heterocycles. The van der Waals surface area contributed by atoms with E-state index in [2.05, 4.69) is 49.2 Å². The van der Waals surface area contributed by atoms with Gasteiger partial charge in [0.1, 0.15) is 6.61 Å². The summed E-state index contributed by atoms with van der Waals surface area (Å²) in [5.74, 6) is 0.557. The molecule has 3 heterocycles. The van der Waals surface area contributed by atoms with Crippen molar-refractivity contribution in [2.45, 2.75) is 78.4 Å². The SMILES string of the molecule is Cc1cc(C(=O)NCC[C@H](c2ccc(N3CCOC3=O)cc2)N2CCC(O)CC2)cc2cc3c(nc12)CCC(C(C)(C)C)C3. The van der Waals surface area contributed by atoms with Gasteiger partial charge in [0.25, 0.3) is 5.91 Å². The number of aryl methyl sites for hydroxylation is 2. The van der Waals surface area contributed by atoms with E-state index in [1.165, 1.54) is 17.7 Å². The third-order valence-electron chi connectivity index (χ3n) is 9.95. The summed E-state index contributed by atoms with van der Waals surface area (Å²) in [7, 11) is 0. The van der Waals surface area contributed by atoms with Gasteiger partial charge in [-0.15, -0.1) is 0 Å². The van der Waals surface area contributed by atoms with Crippen molar-refractivity contribution in [3.8, 4) is 0 Å². The average molecular weight is 599 g/mol. The highest BCUT2D eigenvalue weighted by atomic mass is 16.6. The van der Waals surface area contributed by atoms with E-state index in [4.69, 9.17) is 9.72 Å². The van der Waals surface area contributed by atoms with Gasteiger partial charge >= 0.3 is 6.09 Å².